The van der Waals surface area contributed by atoms with E-state index in [4.69, 9.17) is 16.3 Å². The van der Waals surface area contributed by atoms with Gasteiger partial charge in [-0.25, -0.2) is 4.39 Å². The Hall–Kier alpha value is -2.62. The van der Waals surface area contributed by atoms with E-state index >= 15 is 0 Å². The Morgan fingerprint density at radius 3 is 2.62 bits per heavy atom. The fraction of sp³-hybridized carbons (Fsp3) is 0.318. The molecule has 7 nitrogen and oxygen atoms in total. The van der Waals surface area contributed by atoms with Crippen LogP contribution in [-0.4, -0.2) is 39.1 Å². The number of carbonyl (C=O) groups is 1. The zero-order chi connectivity index (χ0) is 22.3. The predicted molar refractivity (Wildman–Crippen MR) is 124 cm³/mol. The molecule has 10 heteroatoms. The van der Waals surface area contributed by atoms with Gasteiger partial charge in [0.1, 0.15) is 5.82 Å². The summed E-state index contributed by atoms with van der Waals surface area (Å²) in [6.45, 7) is 1.79. The third-order valence-corrected chi connectivity index (χ3v) is 6.18. The van der Waals surface area contributed by atoms with E-state index in [1.807, 2.05) is 4.57 Å². The third-order valence-electron chi connectivity index (χ3n) is 4.96. The van der Waals surface area contributed by atoms with Gasteiger partial charge in [0.25, 0.3) is 0 Å². The topological polar surface area (TPSA) is 81.1 Å². The molecule has 4 rings (SSSR count). The number of nitrogens with one attached hydrogen (secondary N) is 2. The highest BCUT2D eigenvalue weighted by molar-refractivity contribution is 7.99. The van der Waals surface area contributed by atoms with Crippen LogP contribution in [0.15, 0.2) is 53.7 Å². The van der Waals surface area contributed by atoms with Gasteiger partial charge in [-0.1, -0.05) is 23.4 Å². The Bertz CT molecular complexity index is 1040. The Morgan fingerprint density at radius 1 is 1.16 bits per heavy atom. The number of hydrogen-bond donors (Lipinski definition) is 2. The molecule has 2 N–H and O–H groups in total. The van der Waals surface area contributed by atoms with Crippen LogP contribution in [-0.2, 0) is 22.6 Å². The average molecular weight is 476 g/mol. The quantitative estimate of drug-likeness (QED) is 0.440. The summed E-state index contributed by atoms with van der Waals surface area (Å²) in [4.78, 5) is 12.4. The minimum absolute atomic E-state index is 0.0952. The summed E-state index contributed by atoms with van der Waals surface area (Å²) in [5, 5.41) is 16.0. The van der Waals surface area contributed by atoms with Crippen LogP contribution in [0.25, 0.3) is 0 Å². The van der Waals surface area contributed by atoms with E-state index in [0.717, 1.165) is 31.0 Å². The number of amides is 1. The molecule has 1 aromatic heterocycles. The third kappa shape index (κ3) is 6.21. The second-order valence-corrected chi connectivity index (χ2v) is 8.73. The largest absolute Gasteiger partial charge is 0.378 e. The van der Waals surface area contributed by atoms with Crippen LogP contribution >= 0.6 is 23.4 Å². The van der Waals surface area contributed by atoms with Gasteiger partial charge >= 0.3 is 0 Å². The number of hydrogen-bond acceptors (Lipinski definition) is 6. The highest BCUT2D eigenvalue weighted by Crippen LogP contribution is 2.23. The van der Waals surface area contributed by atoms with Crippen LogP contribution in [0, 0.1) is 5.82 Å². The first kappa shape index (κ1) is 22.6. The minimum Gasteiger partial charge on any atom is -0.378 e. The molecule has 1 aliphatic heterocycles. The van der Waals surface area contributed by atoms with Crippen LogP contribution in [0.4, 0.5) is 15.8 Å². The molecule has 0 saturated carbocycles. The van der Waals surface area contributed by atoms with Crippen molar-refractivity contribution in [3.8, 4) is 0 Å². The molecule has 32 heavy (non-hydrogen) atoms. The zero-order valence-electron chi connectivity index (χ0n) is 17.3. The summed E-state index contributed by atoms with van der Waals surface area (Å²) in [5.74, 6) is 0.491. The molecular weight excluding hydrogens is 453 g/mol. The lowest BCUT2D eigenvalue weighted by Crippen LogP contribution is -2.20. The molecule has 0 aliphatic carbocycles. The van der Waals surface area contributed by atoms with E-state index in [2.05, 4.69) is 20.8 Å². The van der Waals surface area contributed by atoms with E-state index < -0.39 is 0 Å². The number of carbonyl (C=O) groups excluding carboxylic acids is 1. The number of rotatable bonds is 9. The molecule has 1 aliphatic rings. The number of benzene rings is 2. The van der Waals surface area contributed by atoms with Gasteiger partial charge in [-0.05, 0) is 61.4 Å². The van der Waals surface area contributed by atoms with Crippen molar-refractivity contribution >= 4 is 40.6 Å². The Kier molecular flexibility index (Phi) is 7.62. The molecular formula is C22H23ClFN5O2S. The monoisotopic (exact) mass is 475 g/mol. The van der Waals surface area contributed by atoms with E-state index in [0.29, 0.717) is 29.0 Å². The molecule has 3 aromatic rings. The van der Waals surface area contributed by atoms with Crippen molar-refractivity contribution in [1.29, 1.82) is 0 Å². The zero-order valence-corrected chi connectivity index (χ0v) is 18.8. The fourth-order valence-electron chi connectivity index (χ4n) is 3.34. The second-order valence-electron chi connectivity index (χ2n) is 7.35. The van der Waals surface area contributed by atoms with Gasteiger partial charge in [0.2, 0.25) is 5.91 Å². The number of thioether (sulfide) groups is 1. The van der Waals surface area contributed by atoms with Crippen LogP contribution in [0.1, 0.15) is 18.7 Å². The highest BCUT2D eigenvalue weighted by atomic mass is 35.5. The first-order chi connectivity index (χ1) is 15.6. The Balaban J connectivity index is 1.41. The van der Waals surface area contributed by atoms with Gasteiger partial charge in [0.05, 0.1) is 24.9 Å². The van der Waals surface area contributed by atoms with Crippen LogP contribution in [0.3, 0.4) is 0 Å². The smallest absolute Gasteiger partial charge is 0.234 e. The molecule has 1 saturated heterocycles. The maximum Gasteiger partial charge on any atom is 0.234 e. The lowest BCUT2D eigenvalue weighted by atomic mass is 10.2. The van der Waals surface area contributed by atoms with Crippen LogP contribution < -0.4 is 10.6 Å². The fourth-order valence-corrected chi connectivity index (χ4v) is 4.23. The first-order valence-electron chi connectivity index (χ1n) is 10.3. The van der Waals surface area contributed by atoms with Gasteiger partial charge in [-0.2, -0.15) is 0 Å². The maximum absolute atomic E-state index is 13.1. The van der Waals surface area contributed by atoms with E-state index in [1.165, 1.54) is 23.9 Å². The van der Waals surface area contributed by atoms with Crippen molar-refractivity contribution < 1.29 is 13.9 Å². The van der Waals surface area contributed by atoms with E-state index in [-0.39, 0.29) is 23.6 Å². The second kappa shape index (κ2) is 10.8. The summed E-state index contributed by atoms with van der Waals surface area (Å²) >= 11 is 7.21. The van der Waals surface area contributed by atoms with Gasteiger partial charge in [0.15, 0.2) is 11.0 Å². The summed E-state index contributed by atoms with van der Waals surface area (Å²) in [7, 11) is 0. The van der Waals surface area contributed by atoms with Crippen LogP contribution in [0.5, 0.6) is 0 Å². The molecule has 0 radical (unpaired) electrons. The minimum atomic E-state index is -0.285. The van der Waals surface area contributed by atoms with Crippen molar-refractivity contribution in [2.75, 3.05) is 23.0 Å². The van der Waals surface area contributed by atoms with Crippen molar-refractivity contribution in [2.24, 2.45) is 0 Å². The number of ether oxygens (including phenoxy) is 1. The molecule has 2 aromatic carbocycles. The lowest BCUT2D eigenvalue weighted by molar-refractivity contribution is -0.113. The molecule has 1 atom stereocenters. The lowest BCUT2D eigenvalue weighted by Gasteiger charge is -2.15. The van der Waals surface area contributed by atoms with Crippen molar-refractivity contribution in [1.82, 2.24) is 14.8 Å². The van der Waals surface area contributed by atoms with E-state index in [9.17, 15) is 9.18 Å². The summed E-state index contributed by atoms with van der Waals surface area (Å²) in [5.41, 5.74) is 1.47. The predicted octanol–water partition coefficient (Wildman–Crippen LogP) is 4.59. The Labute approximate surface area is 194 Å². The first-order valence-corrected chi connectivity index (χ1v) is 11.6. The molecule has 0 bridgehead atoms. The molecule has 1 amide bonds. The number of anilines is 2. The van der Waals surface area contributed by atoms with E-state index in [1.54, 1.807) is 36.4 Å². The van der Waals surface area contributed by atoms with Gasteiger partial charge in [0, 0.05) is 23.0 Å². The standard InChI is InChI=1S/C22H23ClFN5O2S/c23-15-3-7-18(8-4-15)26-21(30)14-32-22-28-27-20(29(22)13-19-2-1-11-31-19)12-25-17-9-5-16(24)6-10-17/h3-10,19,25H,1-2,11-14H2,(H,26,30)/t19-/m1/s1. The normalized spacial score (nSPS) is 15.6. The number of aromatic nitrogens is 3. The summed E-state index contributed by atoms with van der Waals surface area (Å²) in [6, 6.07) is 13.1. The molecule has 168 valence electrons. The summed E-state index contributed by atoms with van der Waals surface area (Å²) < 4.78 is 20.9. The molecule has 2 heterocycles. The average Bonchev–Trinajstić information content (AvgIpc) is 3.44. The maximum atomic E-state index is 13.1. The van der Waals surface area contributed by atoms with Gasteiger partial charge < -0.3 is 19.9 Å². The number of nitrogens with zero attached hydrogens (tertiary/aromatic N) is 3. The van der Waals surface area contributed by atoms with Crippen LogP contribution in [0.2, 0.25) is 5.02 Å². The highest BCUT2D eigenvalue weighted by Gasteiger charge is 2.21. The number of halogens is 2. The Morgan fingerprint density at radius 2 is 1.91 bits per heavy atom. The van der Waals surface area contributed by atoms with Gasteiger partial charge in [-0.3, -0.25) is 4.79 Å². The van der Waals surface area contributed by atoms with Crippen molar-refractivity contribution in [3.05, 3.63) is 65.2 Å². The van der Waals surface area contributed by atoms with Gasteiger partial charge in [-0.15, -0.1) is 10.2 Å². The van der Waals surface area contributed by atoms with Crippen molar-refractivity contribution in [3.63, 3.8) is 0 Å². The summed E-state index contributed by atoms with van der Waals surface area (Å²) in [6.07, 6.45) is 2.10. The molecule has 1 fully saturated rings. The molecule has 0 spiro atoms. The SMILES string of the molecule is O=C(CSc1nnc(CNc2ccc(F)cc2)n1C[C@H]1CCCO1)Nc1ccc(Cl)cc1. The van der Waals surface area contributed by atoms with Crippen molar-refractivity contribution in [2.45, 2.75) is 37.2 Å². The molecule has 0 unspecified atom stereocenters.